The van der Waals surface area contributed by atoms with Gasteiger partial charge in [-0.25, -0.2) is 9.78 Å². The van der Waals surface area contributed by atoms with E-state index in [1.54, 1.807) is 11.9 Å². The Labute approximate surface area is 106 Å². The number of H-pyrrole nitrogens is 1. The average molecular weight is 253 g/mol. The number of rotatable bonds is 7. The number of nitrogens with one attached hydrogen (secondary N) is 1. The number of aromatic amines is 1. The summed E-state index contributed by atoms with van der Waals surface area (Å²) in [5, 5.41) is 9.62. The number of carbonyl (C=O) groups is 1. The molecular weight excluding hydrogens is 234 g/mol. The molecule has 0 atom stereocenters. The van der Waals surface area contributed by atoms with Crippen molar-refractivity contribution >= 4 is 11.8 Å². The molecule has 0 amide bonds. The number of nitrogens with zero attached hydrogens (tertiary/aromatic N) is 4. The average Bonchev–Trinajstić information content (AvgIpc) is 2.82. The molecule has 1 heterocycles. The van der Waals surface area contributed by atoms with Crippen LogP contribution in [0.15, 0.2) is 16.7 Å². The molecule has 7 heteroatoms. The third kappa shape index (κ3) is 4.15. The number of imidazole rings is 1. The van der Waals surface area contributed by atoms with Crippen LogP contribution in [0.4, 0.5) is 5.82 Å². The lowest BCUT2D eigenvalue weighted by Gasteiger charge is -2.09. The summed E-state index contributed by atoms with van der Waals surface area (Å²) in [6, 6.07) is 0. The van der Waals surface area contributed by atoms with Gasteiger partial charge in [-0.3, -0.25) is 5.01 Å². The highest BCUT2D eigenvalue weighted by molar-refractivity contribution is 5.91. The van der Waals surface area contributed by atoms with E-state index in [0.717, 1.165) is 19.4 Å². The molecule has 0 fully saturated rings. The third-order valence-corrected chi connectivity index (χ3v) is 2.23. The molecule has 1 rings (SSSR count). The lowest BCUT2D eigenvalue weighted by molar-refractivity contribution is 0.0521. The van der Waals surface area contributed by atoms with E-state index in [2.05, 4.69) is 27.2 Å². The minimum Gasteiger partial charge on any atom is -0.461 e. The molecule has 0 spiro atoms. The molecule has 18 heavy (non-hydrogen) atoms. The fourth-order valence-corrected chi connectivity index (χ4v) is 1.27. The Morgan fingerprint density at radius 3 is 3.00 bits per heavy atom. The molecule has 0 unspecified atom stereocenters. The highest BCUT2D eigenvalue weighted by atomic mass is 16.5. The summed E-state index contributed by atoms with van der Waals surface area (Å²) in [5.74, 6) is -0.225. The lowest BCUT2D eigenvalue weighted by atomic mass is 10.3. The fraction of sp³-hybridized carbons (Fsp3) is 0.636. The van der Waals surface area contributed by atoms with Gasteiger partial charge in [0.25, 0.3) is 0 Å². The SMILES string of the molecule is CCCCN(C)N=Nc1nc[nH]c1C(=O)OCC. The summed E-state index contributed by atoms with van der Waals surface area (Å²) in [5.41, 5.74) is 0.226. The van der Waals surface area contributed by atoms with E-state index in [1.807, 2.05) is 7.05 Å². The van der Waals surface area contributed by atoms with E-state index < -0.39 is 5.97 Å². The third-order valence-electron chi connectivity index (χ3n) is 2.23. The Morgan fingerprint density at radius 1 is 1.56 bits per heavy atom. The topological polar surface area (TPSA) is 82.9 Å². The van der Waals surface area contributed by atoms with Crippen LogP contribution in [0.3, 0.4) is 0 Å². The maximum Gasteiger partial charge on any atom is 0.358 e. The van der Waals surface area contributed by atoms with Crippen molar-refractivity contribution in [2.75, 3.05) is 20.2 Å². The monoisotopic (exact) mass is 253 g/mol. The van der Waals surface area contributed by atoms with Crippen molar-refractivity contribution in [3.8, 4) is 0 Å². The van der Waals surface area contributed by atoms with Gasteiger partial charge in [-0.15, -0.1) is 5.11 Å². The van der Waals surface area contributed by atoms with Crippen LogP contribution in [-0.2, 0) is 4.74 Å². The zero-order valence-electron chi connectivity index (χ0n) is 11.0. The number of hydrogen-bond acceptors (Lipinski definition) is 5. The molecule has 0 aliphatic carbocycles. The molecule has 1 aromatic heterocycles. The Kier molecular flexibility index (Phi) is 5.83. The van der Waals surface area contributed by atoms with Gasteiger partial charge >= 0.3 is 5.97 Å². The van der Waals surface area contributed by atoms with E-state index in [0.29, 0.717) is 6.61 Å². The number of hydrogen-bond donors (Lipinski definition) is 1. The maximum atomic E-state index is 11.5. The van der Waals surface area contributed by atoms with Gasteiger partial charge in [0.15, 0.2) is 5.69 Å². The molecule has 0 saturated heterocycles. The first kappa shape index (κ1) is 14.1. The first-order valence-corrected chi connectivity index (χ1v) is 6.02. The van der Waals surface area contributed by atoms with Crippen LogP contribution in [0.5, 0.6) is 0 Å². The second-order valence-electron chi connectivity index (χ2n) is 3.75. The predicted octanol–water partition coefficient (Wildman–Crippen LogP) is 2.32. The van der Waals surface area contributed by atoms with Crippen LogP contribution >= 0.6 is 0 Å². The van der Waals surface area contributed by atoms with Crippen LogP contribution in [0.1, 0.15) is 37.2 Å². The molecule has 1 aromatic rings. The van der Waals surface area contributed by atoms with Gasteiger partial charge in [0.2, 0.25) is 5.82 Å². The van der Waals surface area contributed by atoms with Gasteiger partial charge in [-0.05, 0) is 13.3 Å². The summed E-state index contributed by atoms with van der Waals surface area (Å²) in [6.07, 6.45) is 3.53. The van der Waals surface area contributed by atoms with Crippen molar-refractivity contribution in [3.05, 3.63) is 12.0 Å². The van der Waals surface area contributed by atoms with Crippen LogP contribution < -0.4 is 0 Å². The van der Waals surface area contributed by atoms with Crippen LogP contribution in [0, 0.1) is 0 Å². The van der Waals surface area contributed by atoms with E-state index in [1.165, 1.54) is 6.33 Å². The van der Waals surface area contributed by atoms with E-state index in [-0.39, 0.29) is 11.5 Å². The highest BCUT2D eigenvalue weighted by Crippen LogP contribution is 2.15. The van der Waals surface area contributed by atoms with Gasteiger partial charge in [-0.2, -0.15) is 0 Å². The number of aromatic nitrogens is 2. The van der Waals surface area contributed by atoms with Crippen LogP contribution in [-0.4, -0.2) is 41.1 Å². The molecule has 100 valence electrons. The van der Waals surface area contributed by atoms with Gasteiger partial charge in [0.05, 0.1) is 12.9 Å². The van der Waals surface area contributed by atoms with Crippen molar-refractivity contribution in [2.45, 2.75) is 26.7 Å². The first-order valence-electron chi connectivity index (χ1n) is 6.02. The maximum absolute atomic E-state index is 11.5. The van der Waals surface area contributed by atoms with Crippen LogP contribution in [0.2, 0.25) is 0 Å². The number of ether oxygens (including phenoxy) is 1. The lowest BCUT2D eigenvalue weighted by Crippen LogP contribution is -2.11. The zero-order valence-corrected chi connectivity index (χ0v) is 11.0. The molecule has 0 saturated carbocycles. The Morgan fingerprint density at radius 2 is 2.33 bits per heavy atom. The summed E-state index contributed by atoms with van der Waals surface area (Å²) < 4.78 is 4.87. The Bertz CT molecular complexity index is 402. The fourth-order valence-electron chi connectivity index (χ4n) is 1.27. The Balaban J connectivity index is 2.64. The second-order valence-corrected chi connectivity index (χ2v) is 3.75. The molecule has 1 N–H and O–H groups in total. The van der Waals surface area contributed by atoms with E-state index >= 15 is 0 Å². The van der Waals surface area contributed by atoms with Crippen molar-refractivity contribution in [1.82, 2.24) is 15.0 Å². The minimum atomic E-state index is -0.472. The van der Waals surface area contributed by atoms with Gasteiger partial charge in [-0.1, -0.05) is 18.6 Å². The number of esters is 1. The number of unbranched alkanes of at least 4 members (excludes halogenated alkanes) is 1. The van der Waals surface area contributed by atoms with E-state index in [4.69, 9.17) is 4.74 Å². The largest absolute Gasteiger partial charge is 0.461 e. The van der Waals surface area contributed by atoms with Crippen molar-refractivity contribution in [1.29, 1.82) is 0 Å². The molecule has 0 radical (unpaired) electrons. The Hall–Kier alpha value is -1.92. The summed E-state index contributed by atoms with van der Waals surface area (Å²) in [6.45, 7) is 4.98. The molecule has 7 nitrogen and oxygen atoms in total. The van der Waals surface area contributed by atoms with Crippen molar-refractivity contribution < 1.29 is 9.53 Å². The predicted molar refractivity (Wildman–Crippen MR) is 66.6 cm³/mol. The molecular formula is C11H19N5O2. The van der Waals surface area contributed by atoms with Gasteiger partial charge in [0.1, 0.15) is 0 Å². The second kappa shape index (κ2) is 7.41. The smallest absolute Gasteiger partial charge is 0.358 e. The van der Waals surface area contributed by atoms with Gasteiger partial charge in [0, 0.05) is 13.6 Å². The zero-order chi connectivity index (χ0) is 13.4. The highest BCUT2D eigenvalue weighted by Gasteiger charge is 2.15. The summed E-state index contributed by atoms with van der Waals surface area (Å²) >= 11 is 0. The summed E-state index contributed by atoms with van der Waals surface area (Å²) in [7, 11) is 1.83. The molecule has 0 aliphatic heterocycles. The van der Waals surface area contributed by atoms with Crippen LogP contribution in [0.25, 0.3) is 0 Å². The minimum absolute atomic E-state index is 0.226. The van der Waals surface area contributed by atoms with Crippen molar-refractivity contribution in [2.24, 2.45) is 10.3 Å². The molecule has 0 aliphatic rings. The standard InChI is InChI=1S/C11H19N5O2/c1-4-6-7-16(3)15-14-10-9(12-8-13-10)11(17)18-5-2/h8H,4-7H2,1-3H3,(H,12,13). The van der Waals surface area contributed by atoms with E-state index in [9.17, 15) is 4.79 Å². The quantitative estimate of drug-likeness (QED) is 0.459. The first-order chi connectivity index (χ1) is 8.69. The molecule has 0 bridgehead atoms. The van der Waals surface area contributed by atoms with Gasteiger partial charge < -0.3 is 9.72 Å². The number of carbonyl (C=O) groups excluding carboxylic acids is 1. The van der Waals surface area contributed by atoms with Crippen molar-refractivity contribution in [3.63, 3.8) is 0 Å². The normalized spacial score (nSPS) is 10.8. The summed E-state index contributed by atoms with van der Waals surface area (Å²) in [4.78, 5) is 18.2. The molecule has 0 aromatic carbocycles.